The van der Waals surface area contributed by atoms with Crippen molar-refractivity contribution in [3.8, 4) is 23.0 Å². The van der Waals surface area contributed by atoms with Crippen molar-refractivity contribution in [2.75, 3.05) is 79.0 Å². The number of amides is 4. The van der Waals surface area contributed by atoms with Crippen LogP contribution in [-0.2, 0) is 38.6 Å². The molecule has 0 aliphatic heterocycles. The van der Waals surface area contributed by atoms with E-state index in [-0.39, 0.29) is 87.6 Å². The molecule has 0 spiro atoms. The molecule has 0 aliphatic carbocycles. The molecular weight excluding hydrogens is 1000 g/mol. The standard InChI is InChI=1S/C47H57Cl3N10O10S/c1-4-47(5-2,56-45(63)42-33(3)43(34-9-13-36(48)14-10-34)60(57-42)40-18-15-37(49)32-39(40)50)46(64)54-22-25-68-27-29-70-31-30-69-28-26-67-24-21-53-44(62)35-11-16-38(17-12-35)71(65,66)59(23-19-51)41(61)8-6-7-20-55-58-52/h9-18,32H,4-8,20-31H2,1-3H3,(H,53,62)(H,54,64)(H,56,63). The quantitative estimate of drug-likeness (QED) is 0.0148. The summed E-state index contributed by atoms with van der Waals surface area (Å²) >= 11 is 18.9. The van der Waals surface area contributed by atoms with Crippen molar-refractivity contribution in [3.05, 3.63) is 109 Å². The van der Waals surface area contributed by atoms with E-state index in [2.05, 4.69) is 26.0 Å². The Kier molecular flexibility index (Phi) is 24.0. The summed E-state index contributed by atoms with van der Waals surface area (Å²) in [5.74, 6) is -2.12. The van der Waals surface area contributed by atoms with E-state index < -0.39 is 39.8 Å². The van der Waals surface area contributed by atoms with Gasteiger partial charge in [-0.1, -0.05) is 65.9 Å². The van der Waals surface area contributed by atoms with Gasteiger partial charge in [0.2, 0.25) is 11.8 Å². The molecule has 0 saturated carbocycles. The van der Waals surface area contributed by atoms with E-state index in [1.54, 1.807) is 48.0 Å². The maximum Gasteiger partial charge on any atom is 0.272 e. The van der Waals surface area contributed by atoms with Crippen LogP contribution in [0.3, 0.4) is 0 Å². The van der Waals surface area contributed by atoms with Crippen molar-refractivity contribution >= 4 is 68.5 Å². The number of benzene rings is 3. The second-order valence-corrected chi connectivity index (χ2v) is 18.7. The molecule has 3 aromatic carbocycles. The molecule has 0 radical (unpaired) electrons. The average molecular weight is 1060 g/mol. The number of ether oxygens (including phenoxy) is 4. The Morgan fingerprint density at radius 1 is 0.817 bits per heavy atom. The molecule has 0 bridgehead atoms. The minimum absolute atomic E-state index is 0.123. The maximum atomic E-state index is 14.0. The minimum atomic E-state index is -4.35. The van der Waals surface area contributed by atoms with Crippen LogP contribution in [-0.4, -0.2) is 131 Å². The monoisotopic (exact) mass is 1060 g/mol. The van der Waals surface area contributed by atoms with Crippen molar-refractivity contribution < 1.29 is 46.5 Å². The summed E-state index contributed by atoms with van der Waals surface area (Å²) in [5, 5.41) is 27.0. The van der Waals surface area contributed by atoms with Crippen LogP contribution in [0.2, 0.25) is 15.1 Å². The molecule has 0 aliphatic rings. The SMILES string of the molecule is CCC(CC)(NC(=O)c1nn(-c2ccc(Cl)cc2Cl)c(-c2ccc(Cl)cc2)c1C)C(=O)NCCOCCOCCOCCOCCNC(=O)c1ccc(S(=O)(=O)N(CC#N)C(=O)CCCCN=[N+]=[N-])cc1. The Morgan fingerprint density at radius 2 is 1.39 bits per heavy atom. The predicted octanol–water partition coefficient (Wildman–Crippen LogP) is 7.23. The molecule has 3 N–H and O–H groups in total. The smallest absolute Gasteiger partial charge is 0.272 e. The number of nitriles is 1. The molecule has 0 fully saturated rings. The molecule has 20 nitrogen and oxygen atoms in total. The lowest BCUT2D eigenvalue weighted by molar-refractivity contribution is -0.128. The predicted molar refractivity (Wildman–Crippen MR) is 267 cm³/mol. The number of nitrogens with zero attached hydrogens (tertiary/aromatic N) is 7. The van der Waals surface area contributed by atoms with Gasteiger partial charge in [-0.15, -0.1) is 0 Å². The Labute approximate surface area is 427 Å². The van der Waals surface area contributed by atoms with Crippen molar-refractivity contribution in [1.29, 1.82) is 5.26 Å². The molecule has 71 heavy (non-hydrogen) atoms. The van der Waals surface area contributed by atoms with E-state index in [4.69, 9.17) is 69.6 Å². The van der Waals surface area contributed by atoms with Crippen molar-refractivity contribution in [1.82, 2.24) is 30.0 Å². The van der Waals surface area contributed by atoms with Gasteiger partial charge in [0.15, 0.2) is 5.69 Å². The van der Waals surface area contributed by atoms with Gasteiger partial charge in [-0.05, 0) is 92.7 Å². The van der Waals surface area contributed by atoms with Gasteiger partial charge in [0.25, 0.3) is 21.8 Å². The van der Waals surface area contributed by atoms with E-state index in [1.165, 1.54) is 24.3 Å². The van der Waals surface area contributed by atoms with Gasteiger partial charge in [-0.3, -0.25) is 19.2 Å². The van der Waals surface area contributed by atoms with Crippen LogP contribution < -0.4 is 16.0 Å². The summed E-state index contributed by atoms with van der Waals surface area (Å²) in [6.45, 7) is 7.42. The Morgan fingerprint density at radius 3 is 1.96 bits per heavy atom. The zero-order valence-electron chi connectivity index (χ0n) is 39.6. The Hall–Kier alpha value is -5.79. The summed E-state index contributed by atoms with van der Waals surface area (Å²) in [6, 6.07) is 18.8. The van der Waals surface area contributed by atoms with E-state index in [0.717, 1.165) is 5.56 Å². The molecule has 1 heterocycles. The fraction of sp³-hybridized carbons (Fsp3) is 0.447. The Balaban J connectivity index is 1.09. The van der Waals surface area contributed by atoms with E-state index in [1.807, 2.05) is 26.0 Å². The highest BCUT2D eigenvalue weighted by atomic mass is 35.5. The topological polar surface area (TPSA) is 269 Å². The molecule has 0 atom stereocenters. The lowest BCUT2D eigenvalue weighted by atomic mass is 9.91. The first kappa shape index (κ1) is 57.8. The summed E-state index contributed by atoms with van der Waals surface area (Å²) in [4.78, 5) is 55.1. The van der Waals surface area contributed by atoms with Crippen LogP contribution in [0.4, 0.5) is 0 Å². The molecule has 4 rings (SSSR count). The fourth-order valence-corrected chi connectivity index (χ4v) is 8.91. The summed E-state index contributed by atoms with van der Waals surface area (Å²) in [6.07, 6.45) is 1.13. The van der Waals surface area contributed by atoms with Crippen LogP contribution in [0.15, 0.2) is 76.7 Å². The van der Waals surface area contributed by atoms with Crippen LogP contribution in [0, 0.1) is 18.3 Å². The molecule has 24 heteroatoms. The number of sulfonamides is 1. The van der Waals surface area contributed by atoms with Gasteiger partial charge < -0.3 is 34.9 Å². The highest BCUT2D eigenvalue weighted by molar-refractivity contribution is 7.89. The third-order valence-corrected chi connectivity index (χ3v) is 13.5. The summed E-state index contributed by atoms with van der Waals surface area (Å²) < 4.78 is 50.5. The largest absolute Gasteiger partial charge is 0.377 e. The summed E-state index contributed by atoms with van der Waals surface area (Å²) in [5.41, 5.74) is 9.88. The first-order chi connectivity index (χ1) is 34.1. The second kappa shape index (κ2) is 29.5. The molecule has 4 amide bonds. The second-order valence-electron chi connectivity index (χ2n) is 15.5. The van der Waals surface area contributed by atoms with Crippen LogP contribution >= 0.6 is 34.8 Å². The molecule has 382 valence electrons. The molecule has 0 unspecified atom stereocenters. The van der Waals surface area contributed by atoms with Gasteiger partial charge >= 0.3 is 0 Å². The fourth-order valence-electron chi connectivity index (χ4n) is 6.98. The van der Waals surface area contributed by atoms with Gasteiger partial charge in [0.05, 0.1) is 80.2 Å². The number of unbranched alkanes of at least 4 members (excludes halogenated alkanes) is 1. The average Bonchev–Trinajstić information content (AvgIpc) is 3.70. The highest BCUT2D eigenvalue weighted by Crippen LogP contribution is 2.34. The van der Waals surface area contributed by atoms with E-state index in [0.29, 0.717) is 75.4 Å². The maximum absolute atomic E-state index is 14.0. The normalized spacial score (nSPS) is 11.3. The lowest BCUT2D eigenvalue weighted by Gasteiger charge is -2.31. The lowest BCUT2D eigenvalue weighted by Crippen LogP contribution is -2.58. The number of carbonyl (C=O) groups excluding carboxylic acids is 4. The molecule has 1 aromatic heterocycles. The van der Waals surface area contributed by atoms with Crippen molar-refractivity contribution in [3.63, 3.8) is 0 Å². The third kappa shape index (κ3) is 16.9. The van der Waals surface area contributed by atoms with Crippen molar-refractivity contribution in [2.45, 2.75) is 63.3 Å². The van der Waals surface area contributed by atoms with E-state index >= 15 is 0 Å². The number of carbonyl (C=O) groups is 4. The number of aromatic nitrogens is 2. The van der Waals surface area contributed by atoms with Gasteiger partial charge in [-0.25, -0.2) is 17.4 Å². The number of halogens is 3. The molecule has 4 aromatic rings. The van der Waals surface area contributed by atoms with E-state index in [9.17, 15) is 27.6 Å². The van der Waals surface area contributed by atoms with Gasteiger partial charge in [0, 0.05) is 57.7 Å². The zero-order valence-corrected chi connectivity index (χ0v) is 42.7. The number of rotatable bonds is 31. The van der Waals surface area contributed by atoms with Gasteiger partial charge in [0.1, 0.15) is 12.1 Å². The molecule has 0 saturated heterocycles. The van der Waals surface area contributed by atoms with Crippen LogP contribution in [0.1, 0.15) is 72.4 Å². The first-order valence-electron chi connectivity index (χ1n) is 22.7. The highest BCUT2D eigenvalue weighted by Gasteiger charge is 2.38. The summed E-state index contributed by atoms with van der Waals surface area (Å²) in [7, 11) is -4.35. The van der Waals surface area contributed by atoms with Crippen LogP contribution in [0.25, 0.3) is 27.4 Å². The number of nitrogens with one attached hydrogen (secondary N) is 3. The Bertz CT molecular complexity index is 2620. The van der Waals surface area contributed by atoms with Crippen LogP contribution in [0.5, 0.6) is 0 Å². The minimum Gasteiger partial charge on any atom is -0.377 e. The van der Waals surface area contributed by atoms with Crippen molar-refractivity contribution in [2.24, 2.45) is 5.11 Å². The first-order valence-corrected chi connectivity index (χ1v) is 25.3. The zero-order chi connectivity index (χ0) is 51.8. The number of hydrogen-bond donors (Lipinski definition) is 3. The number of hydrogen-bond acceptors (Lipinski definition) is 13. The molecular formula is C47H57Cl3N10O10S. The van der Waals surface area contributed by atoms with Gasteiger partial charge in [-0.2, -0.15) is 10.4 Å². The number of azide groups is 1. The third-order valence-electron chi connectivity index (χ3n) is 10.9.